The van der Waals surface area contributed by atoms with E-state index in [1.807, 2.05) is 0 Å². The van der Waals surface area contributed by atoms with Crippen LogP contribution in [0.5, 0.6) is 5.75 Å². The van der Waals surface area contributed by atoms with Gasteiger partial charge in [0.1, 0.15) is 11.6 Å². The first kappa shape index (κ1) is 15.9. The molecule has 0 aliphatic carbocycles. The molecular formula is C16H23FN2O2. The van der Waals surface area contributed by atoms with Gasteiger partial charge in [-0.1, -0.05) is 6.07 Å². The quantitative estimate of drug-likeness (QED) is 0.778. The second-order valence-corrected chi connectivity index (χ2v) is 5.64. The number of likely N-dealkylation sites (N-methyl/N-ethyl adjacent to an activating group) is 1. The normalized spacial score (nSPS) is 20.5. The third-order valence-corrected chi connectivity index (χ3v) is 4.07. The number of carbonyl (C=O) groups is 1. The minimum absolute atomic E-state index is 0.0711. The molecule has 1 atom stereocenters. The van der Waals surface area contributed by atoms with Gasteiger partial charge in [0.25, 0.3) is 0 Å². The Balaban J connectivity index is 1.99. The molecule has 5 heteroatoms. The minimum Gasteiger partial charge on any atom is -0.496 e. The molecule has 1 saturated heterocycles. The van der Waals surface area contributed by atoms with Gasteiger partial charge in [-0.15, -0.1) is 0 Å². The minimum atomic E-state index is -0.509. The standard InChI is InChI=1S/C16H23FN2O2/c1-12-11-18(2)9-10-19(12)8-7-14(20)16-13(17)5-4-6-15(16)21-3/h4-6,12H,7-11H2,1-3H3. The number of methoxy groups -OCH3 is 1. The SMILES string of the molecule is COc1cccc(F)c1C(=O)CCN1CCN(C)CC1C. The number of piperazine rings is 1. The molecular weight excluding hydrogens is 271 g/mol. The zero-order valence-electron chi connectivity index (χ0n) is 12.9. The molecule has 0 N–H and O–H groups in total. The molecule has 0 amide bonds. The van der Waals surface area contributed by atoms with Crippen molar-refractivity contribution in [2.75, 3.05) is 40.3 Å². The van der Waals surface area contributed by atoms with Crippen molar-refractivity contribution in [2.45, 2.75) is 19.4 Å². The van der Waals surface area contributed by atoms with Crippen LogP contribution in [-0.2, 0) is 0 Å². The summed E-state index contributed by atoms with van der Waals surface area (Å²) < 4.78 is 19.0. The molecule has 1 aliphatic heterocycles. The number of benzene rings is 1. The average molecular weight is 294 g/mol. The fraction of sp³-hybridized carbons (Fsp3) is 0.562. The van der Waals surface area contributed by atoms with Gasteiger partial charge in [0.05, 0.1) is 12.7 Å². The monoisotopic (exact) mass is 294 g/mol. The summed E-state index contributed by atoms with van der Waals surface area (Å²) in [5, 5.41) is 0. The molecule has 1 unspecified atom stereocenters. The van der Waals surface area contributed by atoms with E-state index in [1.165, 1.54) is 13.2 Å². The molecule has 0 aromatic heterocycles. The average Bonchev–Trinajstić information content (AvgIpc) is 2.45. The maximum absolute atomic E-state index is 13.9. The van der Waals surface area contributed by atoms with Crippen molar-refractivity contribution >= 4 is 5.78 Å². The molecule has 1 aliphatic rings. The number of hydrogen-bond donors (Lipinski definition) is 0. The molecule has 1 aromatic rings. The van der Waals surface area contributed by atoms with E-state index in [2.05, 4.69) is 23.8 Å². The van der Waals surface area contributed by atoms with E-state index in [-0.39, 0.29) is 11.3 Å². The van der Waals surface area contributed by atoms with Crippen LogP contribution < -0.4 is 4.74 Å². The molecule has 0 saturated carbocycles. The highest BCUT2D eigenvalue weighted by Gasteiger charge is 2.23. The van der Waals surface area contributed by atoms with Crippen LogP contribution in [0.15, 0.2) is 18.2 Å². The Labute approximate surface area is 125 Å². The summed E-state index contributed by atoms with van der Waals surface area (Å²) >= 11 is 0. The maximum atomic E-state index is 13.9. The Hall–Kier alpha value is -1.46. The lowest BCUT2D eigenvalue weighted by atomic mass is 10.1. The van der Waals surface area contributed by atoms with Crippen LogP contribution in [0.25, 0.3) is 0 Å². The van der Waals surface area contributed by atoms with Crippen LogP contribution in [0.2, 0.25) is 0 Å². The van der Waals surface area contributed by atoms with E-state index in [0.717, 1.165) is 19.6 Å². The summed E-state index contributed by atoms with van der Waals surface area (Å²) in [6.45, 7) is 5.76. The van der Waals surface area contributed by atoms with Crippen LogP contribution in [0, 0.1) is 5.82 Å². The van der Waals surface area contributed by atoms with Gasteiger partial charge in [-0.05, 0) is 26.1 Å². The molecule has 4 nitrogen and oxygen atoms in total. The Kier molecular flexibility index (Phi) is 5.31. The third kappa shape index (κ3) is 3.80. The molecule has 0 bridgehead atoms. The van der Waals surface area contributed by atoms with E-state index >= 15 is 0 Å². The summed E-state index contributed by atoms with van der Waals surface area (Å²) in [4.78, 5) is 16.9. The summed E-state index contributed by atoms with van der Waals surface area (Å²) in [7, 11) is 3.55. The molecule has 21 heavy (non-hydrogen) atoms. The molecule has 0 spiro atoms. The molecule has 116 valence electrons. The Morgan fingerprint density at radius 1 is 1.43 bits per heavy atom. The van der Waals surface area contributed by atoms with Crippen molar-refractivity contribution < 1.29 is 13.9 Å². The highest BCUT2D eigenvalue weighted by atomic mass is 19.1. The highest BCUT2D eigenvalue weighted by Crippen LogP contribution is 2.23. The Morgan fingerprint density at radius 2 is 2.19 bits per heavy atom. The van der Waals surface area contributed by atoms with Crippen LogP contribution in [0.3, 0.4) is 0 Å². The lowest BCUT2D eigenvalue weighted by Gasteiger charge is -2.38. The molecule has 1 fully saturated rings. The van der Waals surface area contributed by atoms with Crippen LogP contribution in [0.4, 0.5) is 4.39 Å². The fourth-order valence-corrected chi connectivity index (χ4v) is 2.82. The number of Topliss-reactive ketones (excluding diaryl/α,β-unsaturated/α-hetero) is 1. The number of hydrogen-bond acceptors (Lipinski definition) is 4. The van der Waals surface area contributed by atoms with Gasteiger partial charge >= 0.3 is 0 Å². The molecule has 2 rings (SSSR count). The number of carbonyl (C=O) groups excluding carboxylic acids is 1. The van der Waals surface area contributed by atoms with E-state index in [1.54, 1.807) is 12.1 Å². The lowest BCUT2D eigenvalue weighted by molar-refractivity contribution is 0.0838. The number of ketones is 1. The van der Waals surface area contributed by atoms with Crippen molar-refractivity contribution in [2.24, 2.45) is 0 Å². The second-order valence-electron chi connectivity index (χ2n) is 5.64. The highest BCUT2D eigenvalue weighted by molar-refractivity contribution is 5.99. The first-order valence-corrected chi connectivity index (χ1v) is 7.31. The fourth-order valence-electron chi connectivity index (χ4n) is 2.82. The van der Waals surface area contributed by atoms with Gasteiger partial charge in [-0.2, -0.15) is 0 Å². The first-order valence-electron chi connectivity index (χ1n) is 7.31. The largest absolute Gasteiger partial charge is 0.496 e. The van der Waals surface area contributed by atoms with Crippen LogP contribution >= 0.6 is 0 Å². The van der Waals surface area contributed by atoms with E-state index in [0.29, 0.717) is 24.8 Å². The summed E-state index contributed by atoms with van der Waals surface area (Å²) in [5.74, 6) is -0.395. The Morgan fingerprint density at radius 3 is 2.86 bits per heavy atom. The van der Waals surface area contributed by atoms with Gasteiger partial charge in [-0.25, -0.2) is 4.39 Å². The predicted octanol–water partition coefficient (Wildman–Crippen LogP) is 2.04. The van der Waals surface area contributed by atoms with Crippen molar-refractivity contribution in [1.29, 1.82) is 0 Å². The summed E-state index contributed by atoms with van der Waals surface area (Å²) in [6, 6.07) is 4.88. The molecule has 0 radical (unpaired) electrons. The van der Waals surface area contributed by atoms with Crippen molar-refractivity contribution in [3.8, 4) is 5.75 Å². The summed E-state index contributed by atoms with van der Waals surface area (Å²) in [6.07, 6.45) is 0.311. The number of nitrogens with zero attached hydrogens (tertiary/aromatic N) is 2. The van der Waals surface area contributed by atoms with Crippen LogP contribution in [0.1, 0.15) is 23.7 Å². The molecule has 1 heterocycles. The predicted molar refractivity (Wildman–Crippen MR) is 80.4 cm³/mol. The maximum Gasteiger partial charge on any atom is 0.170 e. The van der Waals surface area contributed by atoms with Crippen molar-refractivity contribution in [3.63, 3.8) is 0 Å². The van der Waals surface area contributed by atoms with Crippen molar-refractivity contribution in [1.82, 2.24) is 9.80 Å². The number of rotatable bonds is 5. The number of ether oxygens (including phenoxy) is 1. The zero-order valence-corrected chi connectivity index (χ0v) is 12.9. The van der Waals surface area contributed by atoms with Gasteiger partial charge in [-0.3, -0.25) is 9.69 Å². The van der Waals surface area contributed by atoms with Gasteiger partial charge in [0.2, 0.25) is 0 Å². The number of halogens is 1. The van der Waals surface area contributed by atoms with E-state index < -0.39 is 5.82 Å². The smallest absolute Gasteiger partial charge is 0.170 e. The topological polar surface area (TPSA) is 32.8 Å². The van der Waals surface area contributed by atoms with Gasteiger partial charge in [0, 0.05) is 38.6 Å². The third-order valence-electron chi connectivity index (χ3n) is 4.07. The lowest BCUT2D eigenvalue weighted by Crippen LogP contribution is -2.50. The zero-order chi connectivity index (χ0) is 15.4. The second kappa shape index (κ2) is 7.00. The summed E-state index contributed by atoms with van der Waals surface area (Å²) in [5.41, 5.74) is 0.0711. The first-order chi connectivity index (χ1) is 10.0. The molecule has 1 aromatic carbocycles. The van der Waals surface area contributed by atoms with Gasteiger partial charge < -0.3 is 9.64 Å². The van der Waals surface area contributed by atoms with Crippen LogP contribution in [-0.4, -0.2) is 62.0 Å². The van der Waals surface area contributed by atoms with Crippen molar-refractivity contribution in [3.05, 3.63) is 29.6 Å². The Bertz CT molecular complexity index is 507. The van der Waals surface area contributed by atoms with E-state index in [9.17, 15) is 9.18 Å². The van der Waals surface area contributed by atoms with Gasteiger partial charge in [0.15, 0.2) is 5.78 Å². The van der Waals surface area contributed by atoms with E-state index in [4.69, 9.17) is 4.74 Å².